The van der Waals surface area contributed by atoms with E-state index in [1.807, 2.05) is 42.7 Å². The molecule has 6 nitrogen and oxygen atoms in total. The molecular weight excluding hydrogens is 415 g/mol. The fraction of sp³-hybridized carbons (Fsp3) is 0.250. The lowest BCUT2D eigenvalue weighted by Crippen LogP contribution is -2.14. The number of amides is 1. The van der Waals surface area contributed by atoms with Crippen molar-refractivity contribution in [2.75, 3.05) is 17.7 Å². The fourth-order valence-electron chi connectivity index (χ4n) is 2.66. The topological polar surface area (TPSA) is 69.0 Å². The molecular formula is C20H20ClFN4O2S. The Bertz CT molecular complexity index is 995. The van der Waals surface area contributed by atoms with Gasteiger partial charge in [-0.1, -0.05) is 23.4 Å². The van der Waals surface area contributed by atoms with Gasteiger partial charge < -0.3 is 14.6 Å². The summed E-state index contributed by atoms with van der Waals surface area (Å²) < 4.78 is 20.6. The van der Waals surface area contributed by atoms with Crippen LogP contribution in [0.4, 0.5) is 10.1 Å². The Balaban J connectivity index is 1.66. The van der Waals surface area contributed by atoms with Gasteiger partial charge in [0.25, 0.3) is 0 Å². The molecule has 1 amide bonds. The summed E-state index contributed by atoms with van der Waals surface area (Å²) in [6, 6.07) is 11.7. The van der Waals surface area contributed by atoms with Gasteiger partial charge in [-0.2, -0.15) is 0 Å². The minimum absolute atomic E-state index is 0.0406. The Morgan fingerprint density at radius 3 is 2.62 bits per heavy atom. The molecule has 0 radical (unpaired) electrons. The summed E-state index contributed by atoms with van der Waals surface area (Å²) in [6.45, 7) is 5.20. The number of carbonyl (C=O) groups excluding carboxylic acids is 1. The molecule has 0 fully saturated rings. The van der Waals surface area contributed by atoms with Crippen LogP contribution in [0.3, 0.4) is 0 Å². The zero-order valence-electron chi connectivity index (χ0n) is 16.0. The van der Waals surface area contributed by atoms with Gasteiger partial charge in [0.15, 0.2) is 11.0 Å². The lowest BCUT2D eigenvalue weighted by atomic mass is 10.2. The van der Waals surface area contributed by atoms with E-state index in [1.54, 1.807) is 0 Å². The van der Waals surface area contributed by atoms with E-state index in [-0.39, 0.29) is 16.7 Å². The normalized spacial score (nSPS) is 10.8. The second-order valence-corrected chi connectivity index (χ2v) is 7.32. The van der Waals surface area contributed by atoms with Crippen LogP contribution in [-0.2, 0) is 11.3 Å². The highest BCUT2D eigenvalue weighted by Gasteiger charge is 2.15. The molecule has 152 valence electrons. The highest BCUT2D eigenvalue weighted by molar-refractivity contribution is 7.99. The number of anilines is 1. The maximum atomic E-state index is 13.2. The van der Waals surface area contributed by atoms with Gasteiger partial charge in [-0.15, -0.1) is 10.2 Å². The van der Waals surface area contributed by atoms with Crippen molar-refractivity contribution in [3.05, 3.63) is 53.3 Å². The number of halogens is 2. The monoisotopic (exact) mass is 434 g/mol. The van der Waals surface area contributed by atoms with Crippen LogP contribution in [-0.4, -0.2) is 33.0 Å². The van der Waals surface area contributed by atoms with Crippen molar-refractivity contribution >= 4 is 35.0 Å². The predicted molar refractivity (Wildman–Crippen MR) is 113 cm³/mol. The number of benzene rings is 2. The van der Waals surface area contributed by atoms with Crippen molar-refractivity contribution in [1.29, 1.82) is 0 Å². The largest absolute Gasteiger partial charge is 0.494 e. The molecule has 2 aromatic carbocycles. The molecule has 0 bridgehead atoms. The van der Waals surface area contributed by atoms with E-state index >= 15 is 0 Å². The summed E-state index contributed by atoms with van der Waals surface area (Å²) in [5.41, 5.74) is 1.36. The maximum Gasteiger partial charge on any atom is 0.234 e. The van der Waals surface area contributed by atoms with Gasteiger partial charge >= 0.3 is 0 Å². The number of nitrogens with one attached hydrogen (secondary N) is 1. The van der Waals surface area contributed by atoms with E-state index < -0.39 is 5.82 Å². The first-order valence-corrected chi connectivity index (χ1v) is 10.4. The van der Waals surface area contributed by atoms with Crippen LogP contribution >= 0.6 is 23.4 Å². The molecule has 0 saturated heterocycles. The maximum absolute atomic E-state index is 13.2. The zero-order chi connectivity index (χ0) is 20.8. The molecule has 1 heterocycles. The van der Waals surface area contributed by atoms with Crippen molar-refractivity contribution in [1.82, 2.24) is 14.8 Å². The first kappa shape index (κ1) is 21.1. The smallest absolute Gasteiger partial charge is 0.234 e. The minimum Gasteiger partial charge on any atom is -0.494 e. The molecule has 9 heteroatoms. The third-order valence-corrected chi connectivity index (χ3v) is 5.25. The van der Waals surface area contributed by atoms with Crippen molar-refractivity contribution in [2.24, 2.45) is 0 Å². The number of hydrogen-bond acceptors (Lipinski definition) is 5. The van der Waals surface area contributed by atoms with Crippen LogP contribution in [0.15, 0.2) is 47.6 Å². The van der Waals surface area contributed by atoms with Gasteiger partial charge in [-0.25, -0.2) is 4.39 Å². The van der Waals surface area contributed by atoms with Crippen molar-refractivity contribution in [2.45, 2.75) is 25.5 Å². The SMILES string of the molecule is CCOc1ccc(-c2nnc(SCC(=O)Nc3ccc(F)c(Cl)c3)n2CC)cc1. The Morgan fingerprint density at radius 2 is 1.97 bits per heavy atom. The second kappa shape index (κ2) is 9.76. The number of rotatable bonds is 8. The second-order valence-electron chi connectivity index (χ2n) is 5.97. The predicted octanol–water partition coefficient (Wildman–Crippen LogP) is 4.89. The molecule has 0 aliphatic carbocycles. The summed E-state index contributed by atoms with van der Waals surface area (Å²) in [5, 5.41) is 11.8. The van der Waals surface area contributed by atoms with E-state index in [0.29, 0.717) is 24.0 Å². The zero-order valence-corrected chi connectivity index (χ0v) is 17.6. The molecule has 1 N–H and O–H groups in total. The summed E-state index contributed by atoms with van der Waals surface area (Å²) >= 11 is 7.02. The minimum atomic E-state index is -0.531. The Morgan fingerprint density at radius 1 is 1.21 bits per heavy atom. The summed E-state index contributed by atoms with van der Waals surface area (Å²) in [6.07, 6.45) is 0. The summed E-state index contributed by atoms with van der Waals surface area (Å²) in [5.74, 6) is 0.883. The summed E-state index contributed by atoms with van der Waals surface area (Å²) in [7, 11) is 0. The van der Waals surface area contributed by atoms with Crippen LogP contribution < -0.4 is 10.1 Å². The average Bonchev–Trinajstić information content (AvgIpc) is 3.13. The highest BCUT2D eigenvalue weighted by atomic mass is 35.5. The third-order valence-electron chi connectivity index (χ3n) is 3.99. The quantitative estimate of drug-likeness (QED) is 0.511. The van der Waals surface area contributed by atoms with Crippen LogP contribution in [0.25, 0.3) is 11.4 Å². The van der Waals surface area contributed by atoms with Crippen molar-refractivity contribution in [3.8, 4) is 17.1 Å². The molecule has 0 atom stereocenters. The Kier molecular flexibility index (Phi) is 7.11. The van der Waals surface area contributed by atoms with Crippen LogP contribution in [0.2, 0.25) is 5.02 Å². The number of nitrogens with zero attached hydrogens (tertiary/aromatic N) is 3. The van der Waals surface area contributed by atoms with E-state index in [1.165, 1.54) is 30.0 Å². The first-order chi connectivity index (χ1) is 14.0. The lowest BCUT2D eigenvalue weighted by Gasteiger charge is -2.09. The number of ether oxygens (including phenoxy) is 1. The molecule has 0 unspecified atom stereocenters. The standard InChI is InChI=1S/C20H20ClFN4O2S/c1-3-26-19(13-5-8-15(9-6-13)28-4-2)24-25-20(26)29-12-18(27)23-14-7-10-17(22)16(21)11-14/h5-11H,3-4,12H2,1-2H3,(H,23,27). The lowest BCUT2D eigenvalue weighted by molar-refractivity contribution is -0.113. The molecule has 0 aliphatic heterocycles. The van der Waals surface area contributed by atoms with Gasteiger partial charge in [-0.05, 0) is 56.3 Å². The fourth-order valence-corrected chi connectivity index (χ4v) is 3.64. The number of aromatic nitrogens is 3. The van der Waals surface area contributed by atoms with E-state index in [0.717, 1.165) is 17.1 Å². The first-order valence-electron chi connectivity index (χ1n) is 9.06. The molecule has 0 aliphatic rings. The molecule has 0 spiro atoms. The molecule has 3 rings (SSSR count). The van der Waals surface area contributed by atoms with E-state index in [2.05, 4.69) is 15.5 Å². The molecule has 3 aromatic rings. The van der Waals surface area contributed by atoms with Crippen molar-refractivity contribution < 1.29 is 13.9 Å². The van der Waals surface area contributed by atoms with Crippen molar-refractivity contribution in [3.63, 3.8) is 0 Å². The number of hydrogen-bond donors (Lipinski definition) is 1. The summed E-state index contributed by atoms with van der Waals surface area (Å²) in [4.78, 5) is 12.2. The van der Waals surface area contributed by atoms with Gasteiger partial charge in [0.05, 0.1) is 17.4 Å². The number of carbonyl (C=O) groups is 1. The highest BCUT2D eigenvalue weighted by Crippen LogP contribution is 2.26. The van der Waals surface area contributed by atoms with E-state index in [9.17, 15) is 9.18 Å². The van der Waals surface area contributed by atoms with Crippen LogP contribution in [0.5, 0.6) is 5.75 Å². The molecule has 1 aromatic heterocycles. The van der Waals surface area contributed by atoms with Gasteiger partial charge in [0.2, 0.25) is 5.91 Å². The Labute approximate surface area is 177 Å². The third kappa shape index (κ3) is 5.27. The Hall–Kier alpha value is -2.58. The molecule has 29 heavy (non-hydrogen) atoms. The average molecular weight is 435 g/mol. The van der Waals surface area contributed by atoms with Gasteiger partial charge in [0.1, 0.15) is 11.6 Å². The number of thioether (sulfide) groups is 1. The molecule has 0 saturated carbocycles. The van der Waals surface area contributed by atoms with Gasteiger partial charge in [0, 0.05) is 17.8 Å². The van der Waals surface area contributed by atoms with Crippen LogP contribution in [0.1, 0.15) is 13.8 Å². The van der Waals surface area contributed by atoms with Crippen LogP contribution in [0, 0.1) is 5.82 Å². The van der Waals surface area contributed by atoms with E-state index in [4.69, 9.17) is 16.3 Å². The van der Waals surface area contributed by atoms with Gasteiger partial charge in [-0.3, -0.25) is 4.79 Å².